The molecule has 1 N–H and O–H groups in total. The largest absolute Gasteiger partial charge is 0.469 e. The van der Waals surface area contributed by atoms with Gasteiger partial charge in [0.2, 0.25) is 11.8 Å². The van der Waals surface area contributed by atoms with E-state index in [0.717, 1.165) is 48.5 Å². The van der Waals surface area contributed by atoms with E-state index in [-0.39, 0.29) is 37.0 Å². The number of esters is 1. The molecule has 2 aromatic rings. The van der Waals surface area contributed by atoms with Crippen LogP contribution in [0.4, 0.5) is 30.6 Å². The normalized spacial score (nSPS) is 15.6. The van der Waals surface area contributed by atoms with Gasteiger partial charge in [0.25, 0.3) is 0 Å². The van der Waals surface area contributed by atoms with Crippen LogP contribution in [0.1, 0.15) is 76.6 Å². The number of aromatic nitrogens is 4. The van der Waals surface area contributed by atoms with Gasteiger partial charge in [-0.15, -0.1) is 5.10 Å². The number of anilines is 3. The van der Waals surface area contributed by atoms with Crippen molar-refractivity contribution in [3.8, 4) is 0 Å². The maximum atomic E-state index is 14.0. The first-order chi connectivity index (χ1) is 19.7. The number of halogens is 3. The molecule has 0 saturated heterocycles. The average molecular weight is 613 g/mol. The molecule has 0 bridgehead atoms. The van der Waals surface area contributed by atoms with E-state index in [0.29, 0.717) is 24.0 Å². The molecule has 9 nitrogen and oxygen atoms in total. The second kappa shape index (κ2) is 14.7. The van der Waals surface area contributed by atoms with Crippen LogP contribution in [0, 0.1) is 5.92 Å². The molecule has 1 aliphatic rings. The first-order valence-electron chi connectivity index (χ1n) is 14.9. The van der Waals surface area contributed by atoms with Crippen LogP contribution in [-0.2, 0) is 27.2 Å². The van der Waals surface area contributed by atoms with E-state index in [1.54, 1.807) is 6.20 Å². The Labute approximate surface area is 248 Å². The van der Waals surface area contributed by atoms with E-state index in [1.165, 1.54) is 13.5 Å². The molecule has 2 aromatic heterocycles. The van der Waals surface area contributed by atoms with Gasteiger partial charge in [-0.05, 0) is 42.4 Å². The van der Waals surface area contributed by atoms with Crippen LogP contribution >= 0.6 is 0 Å². The molecule has 1 saturated carbocycles. The van der Waals surface area contributed by atoms with Gasteiger partial charge in [-0.3, -0.25) is 4.79 Å². The van der Waals surface area contributed by atoms with Crippen molar-refractivity contribution in [2.75, 3.05) is 30.5 Å². The van der Waals surface area contributed by atoms with E-state index in [9.17, 15) is 18.0 Å². The first-order valence-corrected chi connectivity index (χ1v) is 18.6. The summed E-state index contributed by atoms with van der Waals surface area (Å²) in [5.74, 6) is -0.917. The maximum Gasteiger partial charge on any atom is 0.451 e. The summed E-state index contributed by atoms with van der Waals surface area (Å²) in [5.41, 5.74) is 1.26. The Kier molecular flexibility index (Phi) is 11.8. The van der Waals surface area contributed by atoms with E-state index < -0.39 is 20.1 Å². The highest BCUT2D eigenvalue weighted by molar-refractivity contribution is 6.76. The second-order valence-electron chi connectivity index (χ2n) is 12.9. The average Bonchev–Trinajstić information content (AvgIpc) is 3.33. The summed E-state index contributed by atoms with van der Waals surface area (Å²) in [7, 11) is -0.0685. The monoisotopic (exact) mass is 612 g/mol. The van der Waals surface area contributed by atoms with E-state index in [2.05, 4.69) is 53.8 Å². The first kappa shape index (κ1) is 33.8. The molecule has 1 aliphatic carbocycles. The van der Waals surface area contributed by atoms with Crippen LogP contribution in [-0.4, -0.2) is 60.1 Å². The number of carbonyl (C=O) groups is 1. The highest BCUT2D eigenvalue weighted by Gasteiger charge is 2.38. The number of hydrogen-bond acceptors (Lipinski definition) is 8. The zero-order valence-electron chi connectivity index (χ0n) is 26.1. The standard InChI is InChI=1S/C29H47F3N6O3Si/c1-20(2)18-37(23-11-9-8-10-12-23)26-24(16-22(17-33-26)21(3)15-25(39)40-4)34-28-35-27(29(30,31)32)38(36-28)19-41-13-14-42(5,6)7/h16-17,20-21,23H,8-15,18-19H2,1-7H3,(H,34,36). The third-order valence-electron chi connectivity index (χ3n) is 7.39. The van der Waals surface area contributed by atoms with E-state index in [1.807, 2.05) is 13.0 Å². The van der Waals surface area contributed by atoms with Crippen LogP contribution in [0.5, 0.6) is 0 Å². The van der Waals surface area contributed by atoms with Crippen molar-refractivity contribution in [2.24, 2.45) is 5.92 Å². The predicted molar refractivity (Wildman–Crippen MR) is 161 cm³/mol. The molecule has 1 unspecified atom stereocenters. The number of methoxy groups -OCH3 is 1. The van der Waals surface area contributed by atoms with Gasteiger partial charge in [0.05, 0.1) is 19.2 Å². The van der Waals surface area contributed by atoms with Gasteiger partial charge in [-0.1, -0.05) is 59.7 Å². The Morgan fingerprint density at radius 3 is 2.48 bits per heavy atom. The number of carbonyl (C=O) groups excluding carboxylic acids is 1. The molecule has 2 heterocycles. The Morgan fingerprint density at radius 2 is 1.88 bits per heavy atom. The number of rotatable bonds is 14. The van der Waals surface area contributed by atoms with Gasteiger partial charge in [-0.2, -0.15) is 18.2 Å². The third kappa shape index (κ3) is 9.96. The topological polar surface area (TPSA) is 94.4 Å². The molecule has 13 heteroatoms. The van der Waals surface area contributed by atoms with Gasteiger partial charge >= 0.3 is 12.1 Å². The minimum Gasteiger partial charge on any atom is -0.469 e. The summed E-state index contributed by atoms with van der Waals surface area (Å²) in [6.07, 6.45) is 2.65. The summed E-state index contributed by atoms with van der Waals surface area (Å²) in [5, 5.41) is 7.22. The fourth-order valence-corrected chi connectivity index (χ4v) is 5.81. The minimum atomic E-state index is -4.71. The number of alkyl halides is 3. The van der Waals surface area contributed by atoms with Crippen molar-refractivity contribution in [2.45, 2.75) is 110 Å². The zero-order valence-corrected chi connectivity index (χ0v) is 27.1. The Bertz CT molecular complexity index is 1160. The Balaban J connectivity index is 2.00. The van der Waals surface area contributed by atoms with E-state index >= 15 is 0 Å². The molecule has 0 aliphatic heterocycles. The lowest BCUT2D eigenvalue weighted by atomic mass is 9.93. The summed E-state index contributed by atoms with van der Waals surface area (Å²) >= 11 is 0. The molecule has 0 spiro atoms. The van der Waals surface area contributed by atoms with Crippen molar-refractivity contribution in [1.82, 2.24) is 19.7 Å². The Morgan fingerprint density at radius 1 is 1.19 bits per heavy atom. The summed E-state index contributed by atoms with van der Waals surface area (Å²) in [4.78, 5) is 22.9. The highest BCUT2D eigenvalue weighted by Crippen LogP contribution is 2.36. The van der Waals surface area contributed by atoms with E-state index in [4.69, 9.17) is 14.5 Å². The molecular formula is C29H47F3N6O3Si. The quantitative estimate of drug-likeness (QED) is 0.136. The minimum absolute atomic E-state index is 0.148. The van der Waals surface area contributed by atoms with Crippen molar-refractivity contribution < 1.29 is 27.4 Å². The predicted octanol–water partition coefficient (Wildman–Crippen LogP) is 7.21. The highest BCUT2D eigenvalue weighted by atomic mass is 28.3. The van der Waals surface area contributed by atoms with Gasteiger partial charge < -0.3 is 19.7 Å². The maximum absolute atomic E-state index is 14.0. The van der Waals surface area contributed by atoms with Gasteiger partial charge in [0.1, 0.15) is 6.73 Å². The number of pyridine rings is 1. The van der Waals surface area contributed by atoms with Crippen LogP contribution in [0.25, 0.3) is 0 Å². The van der Waals surface area contributed by atoms with Crippen LogP contribution < -0.4 is 10.2 Å². The van der Waals surface area contributed by atoms with Crippen molar-refractivity contribution in [1.29, 1.82) is 0 Å². The molecule has 0 amide bonds. The summed E-state index contributed by atoms with van der Waals surface area (Å²) < 4.78 is 53.0. The van der Waals surface area contributed by atoms with Crippen molar-refractivity contribution in [3.63, 3.8) is 0 Å². The van der Waals surface area contributed by atoms with Crippen LogP contribution in [0.2, 0.25) is 25.7 Å². The molecule has 1 atom stereocenters. The number of nitrogens with one attached hydrogen (secondary N) is 1. The van der Waals surface area contributed by atoms with Gasteiger partial charge in [-0.25, -0.2) is 9.67 Å². The molecular weight excluding hydrogens is 565 g/mol. The smallest absolute Gasteiger partial charge is 0.451 e. The zero-order chi connectivity index (χ0) is 31.1. The second-order valence-corrected chi connectivity index (χ2v) is 18.5. The number of hydrogen-bond donors (Lipinski definition) is 1. The number of nitrogens with zero attached hydrogens (tertiary/aromatic N) is 5. The fourth-order valence-electron chi connectivity index (χ4n) is 5.05. The van der Waals surface area contributed by atoms with Gasteiger partial charge in [0, 0.05) is 33.5 Å². The molecule has 0 radical (unpaired) electrons. The molecule has 3 rings (SSSR count). The summed E-state index contributed by atoms with van der Waals surface area (Å²) in [6, 6.07) is 2.93. The molecule has 0 aromatic carbocycles. The Hall–Kier alpha value is -2.67. The van der Waals surface area contributed by atoms with Crippen LogP contribution in [0.15, 0.2) is 12.3 Å². The lowest BCUT2D eigenvalue weighted by Gasteiger charge is -2.37. The van der Waals surface area contributed by atoms with Crippen LogP contribution in [0.3, 0.4) is 0 Å². The third-order valence-corrected chi connectivity index (χ3v) is 9.09. The summed E-state index contributed by atoms with van der Waals surface area (Å²) in [6.45, 7) is 13.4. The van der Waals surface area contributed by atoms with Gasteiger partial charge in [0.15, 0.2) is 5.82 Å². The molecule has 42 heavy (non-hydrogen) atoms. The van der Waals surface area contributed by atoms with Crippen molar-refractivity contribution in [3.05, 3.63) is 23.7 Å². The lowest BCUT2D eigenvalue weighted by molar-refractivity contribution is -0.150. The number of ether oxygens (including phenoxy) is 2. The molecule has 1 fully saturated rings. The lowest BCUT2D eigenvalue weighted by Crippen LogP contribution is -2.40. The van der Waals surface area contributed by atoms with Crippen molar-refractivity contribution >= 4 is 31.5 Å². The fraction of sp³-hybridized carbons (Fsp3) is 0.724. The molecule has 236 valence electrons. The SMILES string of the molecule is COC(=O)CC(C)c1cnc(N(CC(C)C)C2CCCCC2)c(Nc2nc(C(F)(F)F)n(COCC[Si](C)(C)C)n2)c1.